The molecule has 2 unspecified atom stereocenters. The van der Waals surface area contributed by atoms with Gasteiger partial charge in [-0.15, -0.1) is 0 Å². The zero-order valence-corrected chi connectivity index (χ0v) is 10.4. The van der Waals surface area contributed by atoms with Gasteiger partial charge in [0.15, 0.2) is 0 Å². The highest BCUT2D eigenvalue weighted by atomic mass is 16.4. The number of para-hydroxylation sites is 1. The van der Waals surface area contributed by atoms with E-state index >= 15 is 0 Å². The third kappa shape index (κ3) is 2.02. The van der Waals surface area contributed by atoms with Gasteiger partial charge in [0.25, 0.3) is 0 Å². The SMILES string of the molecule is Cc1ccc(C(O)C2CCc3ccccc3N2)o1. The third-order valence-corrected chi connectivity index (χ3v) is 3.52. The van der Waals surface area contributed by atoms with Crippen LogP contribution in [0.3, 0.4) is 0 Å². The number of aliphatic hydroxyl groups is 1. The maximum Gasteiger partial charge on any atom is 0.134 e. The van der Waals surface area contributed by atoms with Crippen molar-refractivity contribution in [3.8, 4) is 0 Å². The van der Waals surface area contributed by atoms with Crippen molar-refractivity contribution in [1.29, 1.82) is 0 Å². The summed E-state index contributed by atoms with van der Waals surface area (Å²) in [6, 6.07) is 12.0. The van der Waals surface area contributed by atoms with Gasteiger partial charge in [-0.2, -0.15) is 0 Å². The Balaban J connectivity index is 1.79. The summed E-state index contributed by atoms with van der Waals surface area (Å²) in [5.74, 6) is 1.48. The van der Waals surface area contributed by atoms with Crippen molar-refractivity contribution in [3.63, 3.8) is 0 Å². The lowest BCUT2D eigenvalue weighted by atomic mass is 9.94. The summed E-state index contributed by atoms with van der Waals surface area (Å²) in [5.41, 5.74) is 2.44. The minimum atomic E-state index is -0.591. The molecule has 0 amide bonds. The van der Waals surface area contributed by atoms with Crippen LogP contribution in [0.25, 0.3) is 0 Å². The van der Waals surface area contributed by atoms with Crippen LogP contribution in [-0.4, -0.2) is 11.1 Å². The molecule has 1 aromatic heterocycles. The minimum Gasteiger partial charge on any atom is -0.464 e. The van der Waals surface area contributed by atoms with Crippen molar-refractivity contribution >= 4 is 5.69 Å². The van der Waals surface area contributed by atoms with E-state index in [2.05, 4.69) is 17.4 Å². The fourth-order valence-electron chi connectivity index (χ4n) is 2.51. The Morgan fingerprint density at radius 1 is 1.28 bits per heavy atom. The van der Waals surface area contributed by atoms with Gasteiger partial charge in [0.1, 0.15) is 17.6 Å². The van der Waals surface area contributed by atoms with E-state index in [9.17, 15) is 5.11 Å². The lowest BCUT2D eigenvalue weighted by Gasteiger charge is -2.29. The summed E-state index contributed by atoms with van der Waals surface area (Å²) in [7, 11) is 0. The number of furan rings is 1. The molecule has 18 heavy (non-hydrogen) atoms. The molecule has 0 saturated heterocycles. The average Bonchev–Trinajstić information content (AvgIpc) is 2.84. The highest BCUT2D eigenvalue weighted by molar-refractivity contribution is 5.54. The zero-order chi connectivity index (χ0) is 12.5. The highest BCUT2D eigenvalue weighted by Crippen LogP contribution is 2.31. The summed E-state index contributed by atoms with van der Waals surface area (Å²) >= 11 is 0. The van der Waals surface area contributed by atoms with Crippen LogP contribution in [0, 0.1) is 6.92 Å². The summed E-state index contributed by atoms with van der Waals surface area (Å²) in [6.07, 6.45) is 1.31. The van der Waals surface area contributed by atoms with Gasteiger partial charge in [0.05, 0.1) is 6.04 Å². The highest BCUT2D eigenvalue weighted by Gasteiger charge is 2.27. The van der Waals surface area contributed by atoms with Gasteiger partial charge >= 0.3 is 0 Å². The standard InChI is InChI=1S/C15H17NO2/c1-10-6-9-14(18-10)15(17)13-8-7-11-4-2-3-5-12(11)16-13/h2-6,9,13,15-17H,7-8H2,1H3. The lowest BCUT2D eigenvalue weighted by Crippen LogP contribution is -2.31. The Hall–Kier alpha value is -1.74. The number of benzene rings is 1. The topological polar surface area (TPSA) is 45.4 Å². The number of aliphatic hydroxyl groups excluding tert-OH is 1. The van der Waals surface area contributed by atoms with E-state index in [0.717, 1.165) is 24.3 Å². The van der Waals surface area contributed by atoms with Crippen LogP contribution in [0.5, 0.6) is 0 Å². The molecule has 3 rings (SSSR count). The predicted molar refractivity (Wildman–Crippen MR) is 70.6 cm³/mol. The molecular formula is C15H17NO2. The van der Waals surface area contributed by atoms with E-state index in [4.69, 9.17) is 4.42 Å². The summed E-state index contributed by atoms with van der Waals surface area (Å²) in [4.78, 5) is 0. The molecule has 1 aromatic carbocycles. The van der Waals surface area contributed by atoms with Crippen molar-refractivity contribution in [3.05, 3.63) is 53.5 Å². The molecule has 0 radical (unpaired) electrons. The maximum atomic E-state index is 10.3. The molecule has 2 aromatic rings. The normalized spacial score (nSPS) is 20.0. The summed E-state index contributed by atoms with van der Waals surface area (Å²) < 4.78 is 5.50. The molecule has 94 valence electrons. The number of hydrogen-bond acceptors (Lipinski definition) is 3. The van der Waals surface area contributed by atoms with Crippen molar-refractivity contribution < 1.29 is 9.52 Å². The number of nitrogens with one attached hydrogen (secondary N) is 1. The average molecular weight is 243 g/mol. The Kier molecular flexibility index (Phi) is 2.84. The fraction of sp³-hybridized carbons (Fsp3) is 0.333. The molecule has 2 N–H and O–H groups in total. The predicted octanol–water partition coefficient (Wildman–Crippen LogP) is 3.05. The molecule has 3 nitrogen and oxygen atoms in total. The molecular weight excluding hydrogens is 226 g/mol. The van der Waals surface area contributed by atoms with Gasteiger partial charge in [0, 0.05) is 5.69 Å². The number of anilines is 1. The Morgan fingerprint density at radius 3 is 2.89 bits per heavy atom. The lowest BCUT2D eigenvalue weighted by molar-refractivity contribution is 0.122. The molecule has 2 heterocycles. The molecule has 1 aliphatic heterocycles. The maximum absolute atomic E-state index is 10.3. The first-order valence-corrected chi connectivity index (χ1v) is 6.33. The van der Waals surface area contributed by atoms with Gasteiger partial charge in [-0.3, -0.25) is 0 Å². The molecule has 1 aliphatic rings. The van der Waals surface area contributed by atoms with E-state index in [1.165, 1.54) is 5.56 Å². The van der Waals surface area contributed by atoms with E-state index in [1.807, 2.05) is 31.2 Å². The minimum absolute atomic E-state index is 0.0189. The Labute approximate surface area is 106 Å². The van der Waals surface area contributed by atoms with Gasteiger partial charge in [-0.25, -0.2) is 0 Å². The van der Waals surface area contributed by atoms with Crippen LogP contribution >= 0.6 is 0 Å². The summed E-state index contributed by atoms with van der Waals surface area (Å²) in [5, 5.41) is 13.7. The van der Waals surface area contributed by atoms with Crippen molar-refractivity contribution in [1.82, 2.24) is 0 Å². The number of hydrogen-bond donors (Lipinski definition) is 2. The van der Waals surface area contributed by atoms with Crippen molar-refractivity contribution in [2.75, 3.05) is 5.32 Å². The second-order valence-corrected chi connectivity index (χ2v) is 4.84. The van der Waals surface area contributed by atoms with E-state index in [-0.39, 0.29) is 6.04 Å². The van der Waals surface area contributed by atoms with Crippen molar-refractivity contribution in [2.45, 2.75) is 31.9 Å². The quantitative estimate of drug-likeness (QED) is 0.852. The molecule has 3 heteroatoms. The van der Waals surface area contributed by atoms with Gasteiger partial charge in [-0.1, -0.05) is 18.2 Å². The van der Waals surface area contributed by atoms with E-state index in [0.29, 0.717) is 5.76 Å². The molecule has 0 fully saturated rings. The largest absolute Gasteiger partial charge is 0.464 e. The van der Waals surface area contributed by atoms with Gasteiger partial charge in [0.2, 0.25) is 0 Å². The second-order valence-electron chi connectivity index (χ2n) is 4.84. The van der Waals surface area contributed by atoms with Crippen LogP contribution < -0.4 is 5.32 Å². The number of fused-ring (bicyclic) bond motifs is 1. The molecule has 0 saturated carbocycles. The Morgan fingerprint density at radius 2 is 2.11 bits per heavy atom. The third-order valence-electron chi connectivity index (χ3n) is 3.52. The first kappa shape index (κ1) is 11.4. The van der Waals surface area contributed by atoms with Crippen LogP contribution in [0.2, 0.25) is 0 Å². The smallest absolute Gasteiger partial charge is 0.134 e. The molecule has 2 atom stereocenters. The van der Waals surface area contributed by atoms with Crippen molar-refractivity contribution in [2.24, 2.45) is 0 Å². The fourth-order valence-corrected chi connectivity index (χ4v) is 2.51. The number of aryl methyl sites for hydroxylation is 2. The first-order valence-electron chi connectivity index (χ1n) is 6.33. The monoisotopic (exact) mass is 243 g/mol. The number of rotatable bonds is 2. The molecule has 0 bridgehead atoms. The zero-order valence-electron chi connectivity index (χ0n) is 10.4. The van der Waals surface area contributed by atoms with E-state index < -0.39 is 6.10 Å². The van der Waals surface area contributed by atoms with Crippen LogP contribution in [0.1, 0.15) is 29.6 Å². The van der Waals surface area contributed by atoms with Gasteiger partial charge < -0.3 is 14.8 Å². The molecule has 0 aliphatic carbocycles. The first-order chi connectivity index (χ1) is 8.74. The van der Waals surface area contributed by atoms with E-state index in [1.54, 1.807) is 0 Å². The van der Waals surface area contributed by atoms with Crippen LogP contribution in [-0.2, 0) is 6.42 Å². The van der Waals surface area contributed by atoms with Crippen LogP contribution in [0.4, 0.5) is 5.69 Å². The second kappa shape index (κ2) is 4.50. The Bertz CT molecular complexity index is 547. The van der Waals surface area contributed by atoms with Crippen LogP contribution in [0.15, 0.2) is 40.8 Å². The summed E-state index contributed by atoms with van der Waals surface area (Å²) in [6.45, 7) is 1.89. The van der Waals surface area contributed by atoms with Gasteiger partial charge in [-0.05, 0) is 43.5 Å². The molecule has 0 spiro atoms.